The molecule has 5 heteroatoms. The number of hydrogen-bond donors (Lipinski definition) is 1. The minimum absolute atomic E-state index is 0.192. The van der Waals surface area contributed by atoms with Gasteiger partial charge in [-0.2, -0.15) is 0 Å². The largest absolute Gasteiger partial charge is 0.363 e. The third kappa shape index (κ3) is 2.23. The molecule has 1 saturated heterocycles. The van der Waals surface area contributed by atoms with Gasteiger partial charge >= 0.3 is 0 Å². The molecule has 1 aromatic carbocycles. The molecule has 3 rings (SSSR count). The second-order valence-corrected chi connectivity index (χ2v) is 8.50. The average Bonchev–Trinajstić information content (AvgIpc) is 2.74. The van der Waals surface area contributed by atoms with Crippen LogP contribution in [0.4, 0.5) is 5.69 Å². The summed E-state index contributed by atoms with van der Waals surface area (Å²) in [5.41, 5.74) is 8.09. The van der Waals surface area contributed by atoms with E-state index in [1.807, 2.05) is 6.07 Å². The first-order valence-corrected chi connectivity index (χ1v) is 9.04. The molecule has 4 nitrogen and oxygen atoms in total. The van der Waals surface area contributed by atoms with Crippen LogP contribution < -0.4 is 10.6 Å². The van der Waals surface area contributed by atoms with Crippen LogP contribution in [0.5, 0.6) is 0 Å². The Kier molecular flexibility index (Phi) is 3.29. The minimum atomic E-state index is -2.96. The number of hydrogen-bond acceptors (Lipinski definition) is 4. The number of benzene rings is 1. The van der Waals surface area contributed by atoms with Crippen molar-refractivity contribution in [2.45, 2.75) is 25.3 Å². The van der Waals surface area contributed by atoms with Gasteiger partial charge in [0.05, 0.1) is 17.0 Å². The predicted molar refractivity (Wildman–Crippen MR) is 81.7 cm³/mol. The first-order chi connectivity index (χ1) is 9.46. The molecule has 0 bridgehead atoms. The number of fused-ring (bicyclic) bond motifs is 1. The molecule has 0 saturated carbocycles. The quantitative estimate of drug-likeness (QED) is 0.890. The molecule has 0 aliphatic carbocycles. The molecule has 1 fully saturated rings. The zero-order chi connectivity index (χ0) is 14.4. The van der Waals surface area contributed by atoms with Crippen molar-refractivity contribution in [2.75, 3.05) is 29.5 Å². The Morgan fingerprint density at radius 2 is 2.15 bits per heavy atom. The van der Waals surface area contributed by atoms with Gasteiger partial charge in [-0.25, -0.2) is 8.42 Å². The molecule has 2 heterocycles. The Labute approximate surface area is 120 Å². The van der Waals surface area contributed by atoms with Crippen molar-refractivity contribution in [3.05, 3.63) is 29.8 Å². The highest BCUT2D eigenvalue weighted by atomic mass is 32.2. The highest BCUT2D eigenvalue weighted by molar-refractivity contribution is 7.91. The van der Waals surface area contributed by atoms with E-state index in [-0.39, 0.29) is 11.5 Å². The van der Waals surface area contributed by atoms with Crippen molar-refractivity contribution >= 4 is 15.5 Å². The first kappa shape index (κ1) is 13.9. The van der Waals surface area contributed by atoms with Crippen molar-refractivity contribution in [3.63, 3.8) is 0 Å². The molecular formula is C15H22N2O2S. The Morgan fingerprint density at radius 1 is 1.40 bits per heavy atom. The molecule has 0 spiro atoms. The summed E-state index contributed by atoms with van der Waals surface area (Å²) in [5, 5.41) is 0. The lowest BCUT2D eigenvalue weighted by Gasteiger charge is -2.46. The normalized spacial score (nSPS) is 32.1. The summed E-state index contributed by atoms with van der Waals surface area (Å²) < 4.78 is 23.9. The summed E-state index contributed by atoms with van der Waals surface area (Å²) in [5.74, 6) is 0.978. The highest BCUT2D eigenvalue weighted by Crippen LogP contribution is 2.39. The van der Waals surface area contributed by atoms with E-state index in [9.17, 15) is 8.42 Å². The predicted octanol–water partition coefficient (Wildman–Crippen LogP) is 1.20. The van der Waals surface area contributed by atoms with Crippen molar-refractivity contribution in [1.29, 1.82) is 0 Å². The molecule has 20 heavy (non-hydrogen) atoms. The maximum Gasteiger partial charge on any atom is 0.152 e. The van der Waals surface area contributed by atoms with Crippen molar-refractivity contribution in [2.24, 2.45) is 11.7 Å². The first-order valence-electron chi connectivity index (χ1n) is 7.22. The Morgan fingerprint density at radius 3 is 2.80 bits per heavy atom. The van der Waals surface area contributed by atoms with Crippen LogP contribution in [-0.2, 0) is 16.3 Å². The van der Waals surface area contributed by atoms with Crippen molar-refractivity contribution in [1.82, 2.24) is 0 Å². The number of para-hydroxylation sites is 1. The monoisotopic (exact) mass is 294 g/mol. The number of nitrogens with zero attached hydrogens (tertiary/aromatic N) is 1. The highest BCUT2D eigenvalue weighted by Gasteiger charge is 2.47. The fraction of sp³-hybridized carbons (Fsp3) is 0.600. The lowest BCUT2D eigenvalue weighted by molar-refractivity contribution is 0.390. The number of rotatable bonds is 2. The van der Waals surface area contributed by atoms with Gasteiger partial charge in [0.1, 0.15) is 0 Å². The molecule has 1 aromatic rings. The lowest BCUT2D eigenvalue weighted by atomic mass is 9.87. The van der Waals surface area contributed by atoms with Gasteiger partial charge in [0, 0.05) is 18.8 Å². The Bertz CT molecular complexity index is 614. The molecule has 2 N–H and O–H groups in total. The van der Waals surface area contributed by atoms with E-state index >= 15 is 0 Å². The molecule has 0 amide bonds. The topological polar surface area (TPSA) is 63.4 Å². The fourth-order valence-electron chi connectivity index (χ4n) is 3.63. The van der Waals surface area contributed by atoms with E-state index in [1.54, 1.807) is 0 Å². The van der Waals surface area contributed by atoms with E-state index in [2.05, 4.69) is 30.0 Å². The Hall–Kier alpha value is -1.07. The van der Waals surface area contributed by atoms with E-state index < -0.39 is 15.4 Å². The van der Waals surface area contributed by atoms with Gasteiger partial charge in [-0.3, -0.25) is 0 Å². The van der Waals surface area contributed by atoms with Crippen molar-refractivity contribution in [3.8, 4) is 0 Å². The molecule has 2 unspecified atom stereocenters. The third-order valence-corrected chi connectivity index (χ3v) is 6.47. The summed E-state index contributed by atoms with van der Waals surface area (Å²) in [7, 11) is -2.96. The van der Waals surface area contributed by atoms with E-state index in [0.717, 1.165) is 13.0 Å². The molecule has 0 radical (unpaired) electrons. The van der Waals surface area contributed by atoms with Gasteiger partial charge < -0.3 is 10.6 Å². The summed E-state index contributed by atoms with van der Waals surface area (Å²) in [6, 6.07) is 8.32. The van der Waals surface area contributed by atoms with Crippen molar-refractivity contribution < 1.29 is 8.42 Å². The molecule has 0 aromatic heterocycles. The van der Waals surface area contributed by atoms with Gasteiger partial charge in [-0.15, -0.1) is 0 Å². The average molecular weight is 294 g/mol. The summed E-state index contributed by atoms with van der Waals surface area (Å²) >= 11 is 0. The second kappa shape index (κ2) is 4.74. The summed E-state index contributed by atoms with van der Waals surface area (Å²) in [6.07, 6.45) is 1.70. The Balaban J connectivity index is 2.05. The van der Waals surface area contributed by atoms with Crippen LogP contribution in [-0.4, -0.2) is 38.6 Å². The molecule has 110 valence electrons. The van der Waals surface area contributed by atoms with Gasteiger partial charge in [-0.1, -0.05) is 25.1 Å². The van der Waals surface area contributed by atoms with Gasteiger partial charge in [-0.05, 0) is 30.4 Å². The van der Waals surface area contributed by atoms with Gasteiger partial charge in [0.2, 0.25) is 0 Å². The SMILES string of the molecule is CC1Cc2ccccc2N(C2(CN)CCS(=O)(=O)C2)C1. The maximum absolute atomic E-state index is 12.0. The van der Waals surface area contributed by atoms with Crippen LogP contribution in [0, 0.1) is 5.92 Å². The van der Waals surface area contributed by atoms with Crippen LogP contribution in [0.15, 0.2) is 24.3 Å². The summed E-state index contributed by atoms with van der Waals surface area (Å²) in [4.78, 5) is 2.28. The third-order valence-electron chi connectivity index (χ3n) is 4.66. The molecular weight excluding hydrogens is 272 g/mol. The van der Waals surface area contributed by atoms with Crippen LogP contribution in [0.2, 0.25) is 0 Å². The number of anilines is 1. The number of nitrogens with two attached hydrogens (primary N) is 1. The molecule has 2 atom stereocenters. The second-order valence-electron chi connectivity index (χ2n) is 6.32. The van der Waals surface area contributed by atoms with Gasteiger partial charge in [0.25, 0.3) is 0 Å². The maximum atomic E-state index is 12.0. The van der Waals surface area contributed by atoms with Crippen LogP contribution >= 0.6 is 0 Å². The molecule has 2 aliphatic heterocycles. The summed E-state index contributed by atoms with van der Waals surface area (Å²) in [6.45, 7) is 3.51. The zero-order valence-corrected chi connectivity index (χ0v) is 12.7. The molecule has 2 aliphatic rings. The fourth-order valence-corrected chi connectivity index (χ4v) is 5.70. The van der Waals surface area contributed by atoms with Crippen LogP contribution in [0.3, 0.4) is 0 Å². The van der Waals surface area contributed by atoms with Gasteiger partial charge in [0.15, 0.2) is 9.84 Å². The standard InChI is InChI=1S/C15H22N2O2S/c1-12-8-13-4-2-3-5-14(13)17(9-12)15(10-16)6-7-20(18,19)11-15/h2-5,12H,6-11,16H2,1H3. The zero-order valence-electron chi connectivity index (χ0n) is 11.9. The number of sulfone groups is 1. The lowest BCUT2D eigenvalue weighted by Crippen LogP contribution is -2.58. The van der Waals surface area contributed by atoms with E-state index in [0.29, 0.717) is 18.9 Å². The van der Waals surface area contributed by atoms with E-state index in [1.165, 1.54) is 11.3 Å². The van der Waals surface area contributed by atoms with Crippen LogP contribution in [0.25, 0.3) is 0 Å². The van der Waals surface area contributed by atoms with E-state index in [4.69, 9.17) is 5.73 Å². The van der Waals surface area contributed by atoms with Crippen LogP contribution in [0.1, 0.15) is 18.9 Å². The minimum Gasteiger partial charge on any atom is -0.363 e. The smallest absolute Gasteiger partial charge is 0.152 e.